The maximum absolute atomic E-state index is 12.8. The van der Waals surface area contributed by atoms with Gasteiger partial charge >= 0.3 is 0 Å². The minimum atomic E-state index is -3.55. The normalized spacial score (nSPS) is 17.0. The Balaban J connectivity index is 1.67. The highest BCUT2D eigenvalue weighted by molar-refractivity contribution is 7.89. The number of benzene rings is 2. The van der Waals surface area contributed by atoms with Crippen molar-refractivity contribution in [3.05, 3.63) is 65.7 Å². The highest BCUT2D eigenvalue weighted by atomic mass is 32.2. The molecule has 128 valence electrons. The fraction of sp³-hybridized carbons (Fsp3) is 0.333. The topological polar surface area (TPSA) is 60.9 Å². The van der Waals surface area contributed by atoms with Crippen molar-refractivity contribution in [2.45, 2.75) is 18.0 Å². The Labute approximate surface area is 143 Å². The summed E-state index contributed by atoms with van der Waals surface area (Å²) in [6.07, 6.45) is 0. The van der Waals surface area contributed by atoms with E-state index in [1.807, 2.05) is 18.2 Å². The molecule has 3 rings (SSSR count). The van der Waals surface area contributed by atoms with Crippen LogP contribution in [0, 0.1) is 0 Å². The van der Waals surface area contributed by atoms with E-state index in [4.69, 9.17) is 0 Å². The molecule has 1 heterocycles. The lowest BCUT2D eigenvalue weighted by atomic mass is 10.2. The van der Waals surface area contributed by atoms with Gasteiger partial charge in [-0.3, -0.25) is 4.90 Å². The molecule has 0 aromatic heterocycles. The third-order valence-corrected chi connectivity index (χ3v) is 6.34. The number of piperazine rings is 1. The summed E-state index contributed by atoms with van der Waals surface area (Å²) in [7, 11) is -3.55. The molecule has 5 nitrogen and oxygen atoms in total. The van der Waals surface area contributed by atoms with Crippen LogP contribution < -0.4 is 0 Å². The van der Waals surface area contributed by atoms with Crippen LogP contribution in [0.15, 0.2) is 59.5 Å². The van der Waals surface area contributed by atoms with Gasteiger partial charge in [0.05, 0.1) is 11.5 Å². The summed E-state index contributed by atoms with van der Waals surface area (Å²) in [6, 6.07) is 16.8. The molecule has 6 heteroatoms. The van der Waals surface area contributed by atoms with Crippen molar-refractivity contribution in [1.82, 2.24) is 9.21 Å². The van der Waals surface area contributed by atoms with Crippen LogP contribution in [0.2, 0.25) is 0 Å². The molecule has 2 aromatic carbocycles. The SMILES string of the molecule is O=S(=O)(c1ccccc1CO)N1CCN(Cc2ccccc2)CC1. The predicted octanol–water partition coefficient (Wildman–Crippen LogP) is 1.69. The first-order chi connectivity index (χ1) is 11.6. The second-order valence-corrected chi connectivity index (χ2v) is 7.84. The molecule has 0 atom stereocenters. The van der Waals surface area contributed by atoms with E-state index in [1.165, 1.54) is 9.87 Å². The molecule has 2 aromatic rings. The van der Waals surface area contributed by atoms with Crippen LogP contribution in [-0.2, 0) is 23.2 Å². The smallest absolute Gasteiger partial charge is 0.243 e. The first-order valence-corrected chi connectivity index (χ1v) is 9.50. The van der Waals surface area contributed by atoms with Crippen LogP contribution in [0.3, 0.4) is 0 Å². The zero-order chi connectivity index (χ0) is 17.0. The van der Waals surface area contributed by atoms with Gasteiger partial charge in [0.25, 0.3) is 0 Å². The number of hydrogen-bond acceptors (Lipinski definition) is 4. The van der Waals surface area contributed by atoms with E-state index in [9.17, 15) is 13.5 Å². The summed E-state index contributed by atoms with van der Waals surface area (Å²) >= 11 is 0. The van der Waals surface area contributed by atoms with Gasteiger partial charge in [-0.1, -0.05) is 48.5 Å². The summed E-state index contributed by atoms with van der Waals surface area (Å²) in [5, 5.41) is 9.40. The summed E-state index contributed by atoms with van der Waals surface area (Å²) in [6.45, 7) is 2.90. The highest BCUT2D eigenvalue weighted by Gasteiger charge is 2.29. The van der Waals surface area contributed by atoms with E-state index < -0.39 is 10.0 Å². The third kappa shape index (κ3) is 3.67. The Hall–Kier alpha value is -1.73. The lowest BCUT2D eigenvalue weighted by molar-refractivity contribution is 0.181. The maximum Gasteiger partial charge on any atom is 0.243 e. The predicted molar refractivity (Wildman–Crippen MR) is 92.8 cm³/mol. The molecule has 1 aliphatic heterocycles. The number of aliphatic hydroxyl groups excluding tert-OH is 1. The van der Waals surface area contributed by atoms with Crippen LogP contribution in [-0.4, -0.2) is 48.9 Å². The molecule has 1 fully saturated rings. The Morgan fingerprint density at radius 1 is 0.875 bits per heavy atom. The van der Waals surface area contributed by atoms with Crippen molar-refractivity contribution in [2.24, 2.45) is 0 Å². The average molecular weight is 346 g/mol. The molecule has 1 aliphatic rings. The van der Waals surface area contributed by atoms with Crippen LogP contribution in [0.5, 0.6) is 0 Å². The standard InChI is InChI=1S/C18H22N2O3S/c21-15-17-8-4-5-9-18(17)24(22,23)20-12-10-19(11-13-20)14-16-6-2-1-3-7-16/h1-9,21H,10-15H2. The largest absolute Gasteiger partial charge is 0.392 e. The van der Waals surface area contributed by atoms with E-state index in [-0.39, 0.29) is 11.5 Å². The van der Waals surface area contributed by atoms with Crippen molar-refractivity contribution in [1.29, 1.82) is 0 Å². The minimum absolute atomic E-state index is 0.212. The van der Waals surface area contributed by atoms with E-state index >= 15 is 0 Å². The van der Waals surface area contributed by atoms with Gasteiger partial charge < -0.3 is 5.11 Å². The molecule has 1 N–H and O–H groups in total. The van der Waals surface area contributed by atoms with Crippen molar-refractivity contribution < 1.29 is 13.5 Å². The molecule has 0 saturated carbocycles. The van der Waals surface area contributed by atoms with Crippen molar-refractivity contribution in [3.63, 3.8) is 0 Å². The van der Waals surface area contributed by atoms with Crippen LogP contribution in [0.25, 0.3) is 0 Å². The van der Waals surface area contributed by atoms with Gasteiger partial charge in [-0.05, 0) is 17.2 Å². The molecular formula is C18H22N2O3S. The van der Waals surface area contributed by atoms with Crippen molar-refractivity contribution >= 4 is 10.0 Å². The van der Waals surface area contributed by atoms with Gasteiger partial charge in [-0.15, -0.1) is 0 Å². The molecule has 0 unspecified atom stereocenters. The van der Waals surface area contributed by atoms with Crippen LogP contribution in [0.4, 0.5) is 0 Å². The van der Waals surface area contributed by atoms with Gasteiger partial charge in [-0.2, -0.15) is 4.31 Å². The van der Waals surface area contributed by atoms with Crippen LogP contribution >= 0.6 is 0 Å². The van der Waals surface area contributed by atoms with E-state index in [0.29, 0.717) is 31.7 Å². The molecule has 0 amide bonds. The zero-order valence-electron chi connectivity index (χ0n) is 13.5. The number of aliphatic hydroxyl groups is 1. The molecular weight excluding hydrogens is 324 g/mol. The van der Waals surface area contributed by atoms with Gasteiger partial charge in [-0.25, -0.2) is 8.42 Å². The number of hydrogen-bond donors (Lipinski definition) is 1. The Morgan fingerprint density at radius 3 is 2.17 bits per heavy atom. The van der Waals surface area contributed by atoms with Gasteiger partial charge in [0.1, 0.15) is 0 Å². The maximum atomic E-state index is 12.8. The summed E-state index contributed by atoms with van der Waals surface area (Å²) < 4.78 is 27.2. The van der Waals surface area contributed by atoms with E-state index in [1.54, 1.807) is 24.3 Å². The third-order valence-electron chi connectivity index (χ3n) is 4.34. The van der Waals surface area contributed by atoms with Crippen molar-refractivity contribution in [3.8, 4) is 0 Å². The highest BCUT2D eigenvalue weighted by Crippen LogP contribution is 2.22. The van der Waals surface area contributed by atoms with E-state index in [2.05, 4.69) is 17.0 Å². The summed E-state index contributed by atoms with van der Waals surface area (Å²) in [5.74, 6) is 0. The first kappa shape index (κ1) is 17.1. The van der Waals surface area contributed by atoms with Gasteiger partial charge in [0.2, 0.25) is 10.0 Å². The number of nitrogens with zero attached hydrogens (tertiary/aromatic N) is 2. The second kappa shape index (κ2) is 7.44. The summed E-state index contributed by atoms with van der Waals surface area (Å²) in [5.41, 5.74) is 1.68. The number of sulfonamides is 1. The first-order valence-electron chi connectivity index (χ1n) is 8.06. The van der Waals surface area contributed by atoms with Crippen molar-refractivity contribution in [2.75, 3.05) is 26.2 Å². The molecule has 0 bridgehead atoms. The molecule has 24 heavy (non-hydrogen) atoms. The monoisotopic (exact) mass is 346 g/mol. The quantitative estimate of drug-likeness (QED) is 0.895. The Kier molecular flexibility index (Phi) is 5.30. The zero-order valence-corrected chi connectivity index (χ0v) is 14.3. The van der Waals surface area contributed by atoms with E-state index in [0.717, 1.165) is 6.54 Å². The number of rotatable bonds is 5. The Morgan fingerprint density at radius 2 is 1.50 bits per heavy atom. The molecule has 0 radical (unpaired) electrons. The van der Waals surface area contributed by atoms with Gasteiger partial charge in [0, 0.05) is 32.7 Å². The molecule has 1 saturated heterocycles. The fourth-order valence-electron chi connectivity index (χ4n) is 2.99. The van der Waals surface area contributed by atoms with Gasteiger partial charge in [0.15, 0.2) is 0 Å². The van der Waals surface area contributed by atoms with Crippen LogP contribution in [0.1, 0.15) is 11.1 Å². The molecule has 0 spiro atoms. The summed E-state index contributed by atoms with van der Waals surface area (Å²) in [4.78, 5) is 2.48. The lowest BCUT2D eigenvalue weighted by Gasteiger charge is -2.34. The minimum Gasteiger partial charge on any atom is -0.392 e. The fourth-order valence-corrected chi connectivity index (χ4v) is 4.63. The second-order valence-electron chi connectivity index (χ2n) is 5.93. The lowest BCUT2D eigenvalue weighted by Crippen LogP contribution is -2.48. The Bertz CT molecular complexity index is 770. The molecule has 0 aliphatic carbocycles. The average Bonchev–Trinajstić information content (AvgIpc) is 2.63.